The van der Waals surface area contributed by atoms with Gasteiger partial charge in [0.1, 0.15) is 0 Å². The summed E-state index contributed by atoms with van der Waals surface area (Å²) in [6.45, 7) is 2.47. The fourth-order valence-electron chi connectivity index (χ4n) is 3.63. The third-order valence-corrected chi connectivity index (χ3v) is 5.23. The highest BCUT2D eigenvalue weighted by Crippen LogP contribution is 2.22. The SMILES string of the molecule is O=C(c1nc(-c2ccccc2)n(-c2ccccc2)n1)N1CCN(c2ncccn2)CC1. The fraction of sp³-hybridized carbons (Fsp3) is 0.174. The first kappa shape index (κ1) is 18.9. The summed E-state index contributed by atoms with van der Waals surface area (Å²) in [4.78, 5) is 30.3. The average molecular weight is 411 g/mol. The molecule has 0 aliphatic carbocycles. The van der Waals surface area contributed by atoms with Crippen molar-refractivity contribution in [2.24, 2.45) is 0 Å². The number of anilines is 1. The topological polar surface area (TPSA) is 80.0 Å². The Kier molecular flexibility index (Phi) is 5.10. The second-order valence-corrected chi connectivity index (χ2v) is 7.20. The predicted octanol–water partition coefficient (Wildman–Crippen LogP) is 2.69. The smallest absolute Gasteiger partial charge is 0.293 e. The van der Waals surface area contributed by atoms with Crippen LogP contribution in [0, 0.1) is 0 Å². The lowest BCUT2D eigenvalue weighted by Crippen LogP contribution is -2.49. The molecule has 0 radical (unpaired) electrons. The van der Waals surface area contributed by atoms with Crippen LogP contribution in [0.3, 0.4) is 0 Å². The first-order valence-electron chi connectivity index (χ1n) is 10.2. The van der Waals surface area contributed by atoms with E-state index in [0.29, 0.717) is 38.0 Å². The van der Waals surface area contributed by atoms with Crippen molar-refractivity contribution in [2.45, 2.75) is 0 Å². The van der Waals surface area contributed by atoms with Crippen molar-refractivity contribution in [1.29, 1.82) is 0 Å². The predicted molar refractivity (Wildman–Crippen MR) is 117 cm³/mol. The molecule has 5 rings (SSSR count). The first-order valence-corrected chi connectivity index (χ1v) is 10.2. The van der Waals surface area contributed by atoms with E-state index in [1.165, 1.54) is 0 Å². The van der Waals surface area contributed by atoms with Crippen LogP contribution in [-0.2, 0) is 0 Å². The highest BCUT2D eigenvalue weighted by molar-refractivity contribution is 5.91. The van der Waals surface area contributed by atoms with Crippen molar-refractivity contribution in [3.8, 4) is 17.1 Å². The Bertz CT molecular complexity index is 1100. The molecule has 0 atom stereocenters. The van der Waals surface area contributed by atoms with Gasteiger partial charge in [0.25, 0.3) is 5.91 Å². The van der Waals surface area contributed by atoms with Gasteiger partial charge in [-0.2, -0.15) is 0 Å². The molecule has 0 bridgehead atoms. The molecule has 1 fully saturated rings. The lowest BCUT2D eigenvalue weighted by Gasteiger charge is -2.34. The summed E-state index contributed by atoms with van der Waals surface area (Å²) in [5.74, 6) is 1.37. The Balaban J connectivity index is 1.40. The molecule has 1 amide bonds. The van der Waals surface area contributed by atoms with Crippen molar-refractivity contribution in [3.05, 3.63) is 84.9 Å². The lowest BCUT2D eigenvalue weighted by molar-refractivity contribution is 0.0734. The third kappa shape index (κ3) is 3.87. The molecule has 31 heavy (non-hydrogen) atoms. The van der Waals surface area contributed by atoms with Gasteiger partial charge in [0.15, 0.2) is 5.82 Å². The summed E-state index contributed by atoms with van der Waals surface area (Å²) in [7, 11) is 0. The number of rotatable bonds is 4. The van der Waals surface area contributed by atoms with E-state index in [1.54, 1.807) is 28.0 Å². The zero-order chi connectivity index (χ0) is 21.0. The highest BCUT2D eigenvalue weighted by Gasteiger charge is 2.27. The molecule has 1 saturated heterocycles. The molecular formula is C23H21N7O. The van der Waals surface area contributed by atoms with Crippen LogP contribution < -0.4 is 4.90 Å². The van der Waals surface area contributed by atoms with E-state index in [1.807, 2.05) is 60.7 Å². The number of aromatic nitrogens is 5. The van der Waals surface area contributed by atoms with Crippen molar-refractivity contribution in [1.82, 2.24) is 29.6 Å². The largest absolute Gasteiger partial charge is 0.337 e. The van der Waals surface area contributed by atoms with Crippen LogP contribution in [0.4, 0.5) is 5.95 Å². The Morgan fingerprint density at radius 3 is 2.10 bits per heavy atom. The number of para-hydroxylation sites is 1. The average Bonchev–Trinajstić information content (AvgIpc) is 3.31. The number of nitrogens with zero attached hydrogens (tertiary/aromatic N) is 7. The quantitative estimate of drug-likeness (QED) is 0.514. The minimum Gasteiger partial charge on any atom is -0.337 e. The van der Waals surface area contributed by atoms with E-state index in [9.17, 15) is 4.79 Å². The van der Waals surface area contributed by atoms with Crippen molar-refractivity contribution >= 4 is 11.9 Å². The van der Waals surface area contributed by atoms with E-state index >= 15 is 0 Å². The van der Waals surface area contributed by atoms with Gasteiger partial charge in [-0.3, -0.25) is 4.79 Å². The number of carbonyl (C=O) groups is 1. The summed E-state index contributed by atoms with van der Waals surface area (Å²) in [5.41, 5.74) is 1.77. The Morgan fingerprint density at radius 1 is 0.774 bits per heavy atom. The van der Waals surface area contributed by atoms with Crippen LogP contribution in [-0.4, -0.2) is 61.7 Å². The number of hydrogen-bond donors (Lipinski definition) is 0. The second-order valence-electron chi connectivity index (χ2n) is 7.20. The maximum atomic E-state index is 13.2. The monoisotopic (exact) mass is 411 g/mol. The van der Waals surface area contributed by atoms with Crippen molar-refractivity contribution in [3.63, 3.8) is 0 Å². The van der Waals surface area contributed by atoms with Gasteiger partial charge in [-0.25, -0.2) is 19.6 Å². The lowest BCUT2D eigenvalue weighted by atomic mass is 10.2. The Hall–Kier alpha value is -4.07. The fourth-order valence-corrected chi connectivity index (χ4v) is 3.63. The number of amides is 1. The van der Waals surface area contributed by atoms with E-state index in [-0.39, 0.29) is 11.7 Å². The van der Waals surface area contributed by atoms with E-state index < -0.39 is 0 Å². The molecular weight excluding hydrogens is 390 g/mol. The maximum absolute atomic E-state index is 13.2. The van der Waals surface area contributed by atoms with Gasteiger partial charge in [-0.1, -0.05) is 48.5 Å². The molecule has 8 nitrogen and oxygen atoms in total. The highest BCUT2D eigenvalue weighted by atomic mass is 16.2. The van der Waals surface area contributed by atoms with Crippen LogP contribution in [0.5, 0.6) is 0 Å². The van der Waals surface area contributed by atoms with Crippen molar-refractivity contribution in [2.75, 3.05) is 31.1 Å². The molecule has 0 N–H and O–H groups in total. The van der Waals surface area contributed by atoms with Crippen molar-refractivity contribution < 1.29 is 4.79 Å². The first-order chi connectivity index (χ1) is 15.3. The summed E-state index contributed by atoms with van der Waals surface area (Å²) < 4.78 is 1.73. The third-order valence-electron chi connectivity index (χ3n) is 5.23. The molecule has 1 aliphatic heterocycles. The summed E-state index contributed by atoms with van der Waals surface area (Å²) in [6.07, 6.45) is 3.45. The van der Waals surface area contributed by atoms with Gasteiger partial charge in [-0.15, -0.1) is 5.10 Å². The Morgan fingerprint density at radius 2 is 1.42 bits per heavy atom. The number of hydrogen-bond acceptors (Lipinski definition) is 6. The molecule has 0 unspecified atom stereocenters. The molecule has 154 valence electrons. The standard InChI is InChI=1S/C23H21N7O/c31-22(28-14-16-29(17-15-28)23-24-12-7-13-25-23)20-26-21(18-8-3-1-4-9-18)30(27-20)19-10-5-2-6-11-19/h1-13H,14-17H2. The van der Waals surface area contributed by atoms with Gasteiger partial charge < -0.3 is 9.80 Å². The molecule has 4 aromatic rings. The maximum Gasteiger partial charge on any atom is 0.293 e. The van der Waals surface area contributed by atoms with Gasteiger partial charge in [0.2, 0.25) is 11.8 Å². The van der Waals surface area contributed by atoms with Crippen LogP contribution >= 0.6 is 0 Å². The Labute approximate surface area is 179 Å². The zero-order valence-electron chi connectivity index (χ0n) is 16.9. The van der Waals surface area contributed by atoms with Crippen LogP contribution in [0.1, 0.15) is 10.6 Å². The number of benzene rings is 2. The normalized spacial score (nSPS) is 13.9. The minimum absolute atomic E-state index is 0.166. The van der Waals surface area contributed by atoms with E-state index in [4.69, 9.17) is 0 Å². The van der Waals surface area contributed by atoms with Crippen LogP contribution in [0.25, 0.3) is 17.1 Å². The number of carbonyl (C=O) groups excluding carboxylic acids is 1. The molecule has 1 aliphatic rings. The van der Waals surface area contributed by atoms with Gasteiger partial charge in [0, 0.05) is 44.1 Å². The van der Waals surface area contributed by atoms with E-state index in [0.717, 1.165) is 11.3 Å². The van der Waals surface area contributed by atoms with Crippen LogP contribution in [0.2, 0.25) is 0 Å². The molecule has 0 saturated carbocycles. The molecule has 2 aromatic heterocycles. The zero-order valence-corrected chi connectivity index (χ0v) is 16.9. The molecule has 8 heteroatoms. The molecule has 3 heterocycles. The summed E-state index contributed by atoms with van der Waals surface area (Å²) >= 11 is 0. The van der Waals surface area contributed by atoms with Crippen LogP contribution in [0.15, 0.2) is 79.1 Å². The summed E-state index contributed by atoms with van der Waals surface area (Å²) in [5, 5.41) is 4.59. The van der Waals surface area contributed by atoms with Gasteiger partial charge in [0.05, 0.1) is 5.69 Å². The number of piperazine rings is 1. The van der Waals surface area contributed by atoms with Gasteiger partial charge >= 0.3 is 0 Å². The summed E-state index contributed by atoms with van der Waals surface area (Å²) in [6, 6.07) is 21.3. The second kappa shape index (κ2) is 8.35. The van der Waals surface area contributed by atoms with Gasteiger partial charge in [-0.05, 0) is 18.2 Å². The molecule has 2 aromatic carbocycles. The minimum atomic E-state index is -0.166. The van der Waals surface area contributed by atoms with E-state index in [2.05, 4.69) is 25.0 Å². The molecule has 0 spiro atoms.